The Morgan fingerprint density at radius 3 is 2.47 bits per heavy atom. The third-order valence-corrected chi connectivity index (χ3v) is 9.16. The summed E-state index contributed by atoms with van der Waals surface area (Å²) in [6, 6.07) is 15.4. The molecule has 1 aliphatic rings. The molecular weight excluding hydrogens is 681 g/mol. The normalized spacial score (nSPS) is 14.0. The van der Waals surface area contributed by atoms with Crippen LogP contribution in [0, 0.1) is 0 Å². The molecule has 3 aromatic rings. The maximum atomic E-state index is 13.5. The van der Waals surface area contributed by atoms with Crippen LogP contribution in [0.5, 0.6) is 5.75 Å². The summed E-state index contributed by atoms with van der Waals surface area (Å²) >= 11 is 5.73. The molecule has 1 aliphatic heterocycles. The second kappa shape index (κ2) is 19.6. The van der Waals surface area contributed by atoms with Gasteiger partial charge in [-0.15, -0.1) is 0 Å². The average Bonchev–Trinajstić information content (AvgIpc) is 3.11. The minimum absolute atomic E-state index is 0.0772. The average molecular weight is 729 g/mol. The molecule has 3 aromatic carbocycles. The Bertz CT molecular complexity index is 1630. The molecule has 0 aromatic heterocycles. The Hall–Kier alpha value is -3.97. The number of hydrazone groups is 1. The smallest absolute Gasteiger partial charge is 0.417 e. The molecule has 0 bridgehead atoms. The molecule has 9 nitrogen and oxygen atoms in total. The highest BCUT2D eigenvalue weighted by Crippen LogP contribution is 2.35. The van der Waals surface area contributed by atoms with E-state index in [-0.39, 0.29) is 16.8 Å². The van der Waals surface area contributed by atoms with Crippen molar-refractivity contribution < 1.29 is 27.5 Å². The molecule has 0 radical (unpaired) electrons. The largest absolute Gasteiger partial charge is 0.494 e. The molecule has 0 unspecified atom stereocenters. The van der Waals surface area contributed by atoms with Crippen molar-refractivity contribution in [2.75, 3.05) is 64.8 Å². The molecule has 51 heavy (non-hydrogen) atoms. The van der Waals surface area contributed by atoms with Crippen molar-refractivity contribution in [3.8, 4) is 5.75 Å². The fourth-order valence-corrected chi connectivity index (χ4v) is 6.11. The lowest BCUT2D eigenvalue weighted by Gasteiger charge is -2.26. The van der Waals surface area contributed by atoms with Gasteiger partial charge in [0, 0.05) is 31.7 Å². The number of piperidine rings is 1. The molecular formula is C38H48ClF3N6O3. The number of likely N-dealkylation sites (tertiary alicyclic amines) is 1. The van der Waals surface area contributed by atoms with Gasteiger partial charge < -0.3 is 24.8 Å². The Kier molecular flexibility index (Phi) is 15.3. The van der Waals surface area contributed by atoms with E-state index in [1.54, 1.807) is 18.2 Å². The number of benzene rings is 3. The van der Waals surface area contributed by atoms with Crippen LogP contribution < -0.4 is 15.5 Å². The van der Waals surface area contributed by atoms with Crippen LogP contribution in [-0.2, 0) is 12.7 Å². The van der Waals surface area contributed by atoms with E-state index < -0.39 is 28.6 Å². The number of anilines is 1. The van der Waals surface area contributed by atoms with Crippen molar-refractivity contribution in [1.82, 2.24) is 20.1 Å². The van der Waals surface area contributed by atoms with Crippen LogP contribution in [0.3, 0.4) is 0 Å². The number of nitrogens with zero attached hydrogens (tertiary/aromatic N) is 4. The van der Waals surface area contributed by atoms with Gasteiger partial charge in [0.1, 0.15) is 5.75 Å². The highest BCUT2D eigenvalue weighted by molar-refractivity contribution is 6.31. The van der Waals surface area contributed by atoms with Gasteiger partial charge >= 0.3 is 6.18 Å². The predicted molar refractivity (Wildman–Crippen MR) is 197 cm³/mol. The van der Waals surface area contributed by atoms with E-state index in [4.69, 9.17) is 16.3 Å². The van der Waals surface area contributed by atoms with Crippen molar-refractivity contribution in [2.24, 2.45) is 5.10 Å². The lowest BCUT2D eigenvalue weighted by atomic mass is 10.1. The summed E-state index contributed by atoms with van der Waals surface area (Å²) in [6.45, 7) is 12.3. The third-order valence-electron chi connectivity index (χ3n) is 8.83. The standard InChI is InChI=1S/C38H48ClF3N6O3/c1-4-47(5-2)21-20-46(3)27-29-11-9-12-30(23-29)36(49)44-35-16-14-31(51-22-10-19-48-17-7-6-8-18-48)25-32(35)37(50)45-43-26-28-13-15-34(39)33(24-28)38(40,41)42/h9,11-16,23-26H,4-8,10,17-22,27H2,1-3H3,(H,44,49)(H,45,50)/b43-26-. The molecule has 13 heteroatoms. The van der Waals surface area contributed by atoms with Crippen LogP contribution in [0.1, 0.15) is 76.9 Å². The summed E-state index contributed by atoms with van der Waals surface area (Å²) < 4.78 is 46.0. The highest BCUT2D eigenvalue weighted by Gasteiger charge is 2.33. The quantitative estimate of drug-likeness (QED) is 0.0856. The van der Waals surface area contributed by atoms with E-state index in [2.05, 4.69) is 44.4 Å². The summed E-state index contributed by atoms with van der Waals surface area (Å²) in [5.74, 6) is -0.659. The number of nitrogens with one attached hydrogen (secondary N) is 2. The van der Waals surface area contributed by atoms with Gasteiger partial charge in [0.15, 0.2) is 0 Å². The van der Waals surface area contributed by atoms with Gasteiger partial charge in [-0.1, -0.05) is 50.1 Å². The van der Waals surface area contributed by atoms with Crippen LogP contribution in [0.2, 0.25) is 5.02 Å². The Labute approximate surface area is 303 Å². The van der Waals surface area contributed by atoms with Gasteiger partial charge in [-0.3, -0.25) is 9.59 Å². The monoisotopic (exact) mass is 728 g/mol. The highest BCUT2D eigenvalue weighted by atomic mass is 35.5. The topological polar surface area (TPSA) is 89.5 Å². The Morgan fingerprint density at radius 2 is 1.75 bits per heavy atom. The van der Waals surface area contributed by atoms with Crippen LogP contribution in [0.4, 0.5) is 18.9 Å². The Morgan fingerprint density at radius 1 is 0.980 bits per heavy atom. The molecule has 1 fully saturated rings. The van der Waals surface area contributed by atoms with Gasteiger partial charge in [0.2, 0.25) is 0 Å². The minimum atomic E-state index is -4.65. The van der Waals surface area contributed by atoms with Crippen LogP contribution in [-0.4, -0.2) is 92.2 Å². The number of amides is 2. The van der Waals surface area contributed by atoms with Gasteiger partial charge in [0.05, 0.1) is 34.7 Å². The first kappa shape index (κ1) is 39.8. The van der Waals surface area contributed by atoms with Crippen molar-refractivity contribution in [3.63, 3.8) is 0 Å². The van der Waals surface area contributed by atoms with Crippen molar-refractivity contribution in [2.45, 2.75) is 52.3 Å². The second-order valence-electron chi connectivity index (χ2n) is 12.7. The van der Waals surface area contributed by atoms with E-state index in [1.165, 1.54) is 31.4 Å². The number of alkyl halides is 3. The van der Waals surface area contributed by atoms with Gasteiger partial charge in [-0.05, 0) is 106 Å². The van der Waals surface area contributed by atoms with Crippen molar-refractivity contribution >= 4 is 35.3 Å². The number of rotatable bonds is 17. The minimum Gasteiger partial charge on any atom is -0.494 e. The summed E-state index contributed by atoms with van der Waals surface area (Å²) in [5, 5.41) is 6.29. The summed E-state index contributed by atoms with van der Waals surface area (Å²) in [4.78, 5) is 33.9. The summed E-state index contributed by atoms with van der Waals surface area (Å²) in [5.41, 5.74) is 3.14. The third kappa shape index (κ3) is 12.6. The zero-order valence-electron chi connectivity index (χ0n) is 29.6. The maximum absolute atomic E-state index is 13.5. The number of likely N-dealkylation sites (N-methyl/N-ethyl adjacent to an activating group) is 2. The number of ether oxygens (including phenoxy) is 1. The molecule has 0 atom stereocenters. The van der Waals surface area contributed by atoms with Crippen LogP contribution in [0.15, 0.2) is 65.8 Å². The van der Waals surface area contributed by atoms with Crippen molar-refractivity contribution in [3.05, 3.63) is 93.5 Å². The molecule has 276 valence electrons. The second-order valence-corrected chi connectivity index (χ2v) is 13.1. The van der Waals surface area contributed by atoms with E-state index in [9.17, 15) is 22.8 Å². The van der Waals surface area contributed by atoms with E-state index >= 15 is 0 Å². The SMILES string of the molecule is CCN(CC)CCN(C)Cc1cccc(C(=O)Nc2ccc(OCCCN3CCCCC3)cc2C(=O)N/N=C\c2ccc(Cl)c(C(F)(F)F)c2)c1. The fraction of sp³-hybridized carbons (Fsp3) is 0.447. The molecule has 2 amide bonds. The number of carbonyl (C=O) groups is 2. The van der Waals surface area contributed by atoms with E-state index in [0.717, 1.165) is 76.1 Å². The molecule has 0 spiro atoms. The zero-order chi connectivity index (χ0) is 36.8. The number of hydrogen-bond donors (Lipinski definition) is 2. The molecule has 1 heterocycles. The molecule has 0 saturated carbocycles. The lowest BCUT2D eigenvalue weighted by molar-refractivity contribution is -0.137. The summed E-state index contributed by atoms with van der Waals surface area (Å²) in [7, 11) is 2.04. The van der Waals surface area contributed by atoms with Crippen molar-refractivity contribution in [1.29, 1.82) is 0 Å². The maximum Gasteiger partial charge on any atom is 0.417 e. The number of carbonyl (C=O) groups excluding carboxylic acids is 2. The first-order valence-electron chi connectivity index (χ1n) is 17.5. The number of hydrogen-bond acceptors (Lipinski definition) is 7. The van der Waals surface area contributed by atoms with Crippen LogP contribution >= 0.6 is 11.6 Å². The van der Waals surface area contributed by atoms with Gasteiger partial charge in [-0.2, -0.15) is 18.3 Å². The van der Waals surface area contributed by atoms with E-state index in [1.807, 2.05) is 25.2 Å². The fourth-order valence-electron chi connectivity index (χ4n) is 5.89. The molecule has 2 N–H and O–H groups in total. The number of halogens is 4. The predicted octanol–water partition coefficient (Wildman–Crippen LogP) is 7.40. The first-order valence-corrected chi connectivity index (χ1v) is 17.8. The van der Waals surface area contributed by atoms with Crippen LogP contribution in [0.25, 0.3) is 0 Å². The molecule has 0 aliphatic carbocycles. The molecule has 1 saturated heterocycles. The van der Waals surface area contributed by atoms with Gasteiger partial charge in [-0.25, -0.2) is 5.43 Å². The lowest BCUT2D eigenvalue weighted by Crippen LogP contribution is -2.32. The first-order chi connectivity index (χ1) is 24.5. The Balaban J connectivity index is 1.47. The molecule has 4 rings (SSSR count). The summed E-state index contributed by atoms with van der Waals surface area (Å²) in [6.07, 6.45) is 0.925. The van der Waals surface area contributed by atoms with Gasteiger partial charge in [0.25, 0.3) is 11.8 Å². The zero-order valence-corrected chi connectivity index (χ0v) is 30.3. The van der Waals surface area contributed by atoms with E-state index in [0.29, 0.717) is 24.5 Å².